The Morgan fingerprint density at radius 1 is 0.933 bits per heavy atom. The predicted octanol–water partition coefficient (Wildman–Crippen LogP) is 5.46. The van der Waals surface area contributed by atoms with E-state index in [4.69, 9.17) is 9.47 Å². The molecular formula is C24H20N2O3S. The number of ketones is 1. The minimum absolute atomic E-state index is 0.185. The van der Waals surface area contributed by atoms with Crippen LogP contribution >= 0.6 is 11.3 Å². The summed E-state index contributed by atoms with van der Waals surface area (Å²) in [4.78, 5) is 14.7. The second-order valence-corrected chi connectivity index (χ2v) is 8.78. The SMILES string of the molecule is O=C1C[C@@H](c2cccs2)CC2=C1[C@@H](c1ccc3c(c1)OCO3)Nc1ccccc1N2. The van der Waals surface area contributed by atoms with E-state index in [9.17, 15) is 4.79 Å². The maximum Gasteiger partial charge on any atom is 0.231 e. The Hall–Kier alpha value is -3.25. The van der Waals surface area contributed by atoms with E-state index >= 15 is 0 Å². The molecule has 0 amide bonds. The molecule has 1 aromatic heterocycles. The molecule has 6 rings (SSSR count). The molecule has 2 aromatic carbocycles. The number of benzene rings is 2. The van der Waals surface area contributed by atoms with Crippen molar-refractivity contribution < 1.29 is 14.3 Å². The monoisotopic (exact) mass is 416 g/mol. The summed E-state index contributed by atoms with van der Waals surface area (Å²) in [5.41, 5.74) is 4.79. The van der Waals surface area contributed by atoms with E-state index in [2.05, 4.69) is 28.1 Å². The minimum Gasteiger partial charge on any atom is -0.454 e. The topological polar surface area (TPSA) is 59.6 Å². The molecule has 2 atom stereocenters. The Bertz CT molecular complexity index is 1170. The quantitative estimate of drug-likeness (QED) is 0.581. The van der Waals surface area contributed by atoms with E-state index < -0.39 is 0 Å². The van der Waals surface area contributed by atoms with Crippen molar-refractivity contribution in [2.45, 2.75) is 24.8 Å². The van der Waals surface area contributed by atoms with Gasteiger partial charge in [0.15, 0.2) is 17.3 Å². The van der Waals surface area contributed by atoms with Crippen LogP contribution in [0.4, 0.5) is 11.4 Å². The Morgan fingerprint density at radius 3 is 2.67 bits per heavy atom. The number of allylic oxidation sites excluding steroid dienone is 1. The van der Waals surface area contributed by atoms with E-state index in [1.165, 1.54) is 4.88 Å². The highest BCUT2D eigenvalue weighted by Crippen LogP contribution is 2.46. The molecule has 2 aliphatic heterocycles. The molecule has 2 N–H and O–H groups in total. The van der Waals surface area contributed by atoms with Crippen LogP contribution in [0.15, 0.2) is 71.2 Å². The first kappa shape index (κ1) is 17.6. The van der Waals surface area contributed by atoms with Crippen LogP contribution in [0.25, 0.3) is 0 Å². The molecule has 1 aliphatic carbocycles. The van der Waals surface area contributed by atoms with E-state index in [-0.39, 0.29) is 24.5 Å². The number of para-hydroxylation sites is 2. The molecule has 0 bridgehead atoms. The van der Waals surface area contributed by atoms with Crippen molar-refractivity contribution in [3.63, 3.8) is 0 Å². The number of rotatable bonds is 2. The summed E-state index contributed by atoms with van der Waals surface area (Å²) in [6.07, 6.45) is 1.35. The number of hydrogen-bond acceptors (Lipinski definition) is 6. The molecule has 3 aliphatic rings. The second-order valence-electron chi connectivity index (χ2n) is 7.80. The molecule has 0 unspecified atom stereocenters. The van der Waals surface area contributed by atoms with Crippen molar-refractivity contribution in [2.24, 2.45) is 0 Å². The van der Waals surface area contributed by atoms with Crippen LogP contribution in [-0.4, -0.2) is 12.6 Å². The van der Waals surface area contributed by atoms with Gasteiger partial charge in [-0.3, -0.25) is 4.79 Å². The minimum atomic E-state index is -0.248. The van der Waals surface area contributed by atoms with Gasteiger partial charge in [-0.2, -0.15) is 0 Å². The highest BCUT2D eigenvalue weighted by molar-refractivity contribution is 7.10. The third kappa shape index (κ3) is 2.87. The Labute approximate surface area is 178 Å². The lowest BCUT2D eigenvalue weighted by molar-refractivity contribution is -0.116. The standard InChI is InChI=1S/C24H20N2O3S/c27-19-11-15(22-6-3-9-30-22)10-18-23(19)24(26-17-5-2-1-4-16(17)25-18)14-7-8-20-21(12-14)29-13-28-20/h1-9,12,15,24-26H,10-11,13H2/t15-,24+/m0/s1. The normalized spacial score (nSPS) is 21.9. The zero-order valence-corrected chi connectivity index (χ0v) is 17.0. The molecule has 0 saturated heterocycles. The molecule has 150 valence electrons. The lowest BCUT2D eigenvalue weighted by Gasteiger charge is -2.29. The van der Waals surface area contributed by atoms with Crippen LogP contribution in [0.1, 0.15) is 35.2 Å². The number of nitrogens with one attached hydrogen (secondary N) is 2. The van der Waals surface area contributed by atoms with Crippen LogP contribution in [0.5, 0.6) is 11.5 Å². The van der Waals surface area contributed by atoms with Crippen molar-refractivity contribution in [3.05, 3.63) is 81.7 Å². The van der Waals surface area contributed by atoms with Crippen LogP contribution < -0.4 is 20.1 Å². The van der Waals surface area contributed by atoms with Gasteiger partial charge < -0.3 is 20.1 Å². The fraction of sp³-hybridized carbons (Fsp3) is 0.208. The highest BCUT2D eigenvalue weighted by atomic mass is 32.1. The van der Waals surface area contributed by atoms with E-state index in [0.717, 1.165) is 46.1 Å². The molecule has 5 nitrogen and oxygen atoms in total. The molecule has 3 aromatic rings. The molecule has 30 heavy (non-hydrogen) atoms. The number of hydrogen-bond donors (Lipinski definition) is 2. The number of anilines is 2. The Balaban J connectivity index is 1.47. The second kappa shape index (κ2) is 6.92. The van der Waals surface area contributed by atoms with Gasteiger partial charge in [0.2, 0.25) is 6.79 Å². The first-order valence-corrected chi connectivity index (χ1v) is 11.0. The molecule has 0 saturated carbocycles. The van der Waals surface area contributed by atoms with Crippen LogP contribution in [-0.2, 0) is 4.79 Å². The summed E-state index contributed by atoms with van der Waals surface area (Å²) >= 11 is 1.72. The third-order valence-electron chi connectivity index (χ3n) is 5.98. The lowest BCUT2D eigenvalue weighted by atomic mass is 9.81. The highest BCUT2D eigenvalue weighted by Gasteiger charge is 2.36. The van der Waals surface area contributed by atoms with Gasteiger partial charge >= 0.3 is 0 Å². The third-order valence-corrected chi connectivity index (χ3v) is 7.02. The zero-order valence-electron chi connectivity index (χ0n) is 16.2. The smallest absolute Gasteiger partial charge is 0.231 e. The van der Waals surface area contributed by atoms with Crippen molar-refractivity contribution in [1.82, 2.24) is 0 Å². The van der Waals surface area contributed by atoms with Crippen molar-refractivity contribution in [3.8, 4) is 11.5 Å². The summed E-state index contributed by atoms with van der Waals surface area (Å²) in [5.74, 6) is 1.87. The largest absolute Gasteiger partial charge is 0.454 e. The lowest BCUT2D eigenvalue weighted by Crippen LogP contribution is -2.26. The van der Waals surface area contributed by atoms with Gasteiger partial charge in [-0.05, 0) is 47.7 Å². The van der Waals surface area contributed by atoms with Crippen LogP contribution in [0.2, 0.25) is 0 Å². The average molecular weight is 417 g/mol. The summed E-state index contributed by atoms with van der Waals surface area (Å²) < 4.78 is 11.1. The van der Waals surface area contributed by atoms with Crippen molar-refractivity contribution >= 4 is 28.5 Å². The van der Waals surface area contributed by atoms with Gasteiger partial charge in [-0.25, -0.2) is 0 Å². The number of carbonyl (C=O) groups is 1. The van der Waals surface area contributed by atoms with Crippen LogP contribution in [0.3, 0.4) is 0 Å². The van der Waals surface area contributed by atoms with Crippen molar-refractivity contribution in [2.75, 3.05) is 17.4 Å². The molecule has 0 spiro atoms. The van der Waals surface area contributed by atoms with E-state index in [0.29, 0.717) is 6.42 Å². The first-order valence-electron chi connectivity index (χ1n) is 10.1. The van der Waals surface area contributed by atoms with E-state index in [1.807, 2.05) is 42.5 Å². The van der Waals surface area contributed by atoms with Crippen molar-refractivity contribution in [1.29, 1.82) is 0 Å². The maximum absolute atomic E-state index is 13.5. The summed E-state index contributed by atoms with van der Waals surface area (Å²) in [7, 11) is 0. The Morgan fingerprint density at radius 2 is 1.80 bits per heavy atom. The van der Waals surface area contributed by atoms with Gasteiger partial charge in [0.25, 0.3) is 0 Å². The molecule has 0 radical (unpaired) electrons. The van der Waals surface area contributed by atoms with Gasteiger partial charge in [-0.1, -0.05) is 24.3 Å². The number of fused-ring (bicyclic) bond motifs is 2. The molecular weight excluding hydrogens is 396 g/mol. The summed E-state index contributed by atoms with van der Waals surface area (Å²) in [5, 5.41) is 9.27. The average Bonchev–Trinajstić information content (AvgIpc) is 3.42. The van der Waals surface area contributed by atoms with Gasteiger partial charge in [0.05, 0.1) is 17.4 Å². The summed E-state index contributed by atoms with van der Waals surface area (Å²) in [6.45, 7) is 0.233. The van der Waals surface area contributed by atoms with Gasteiger partial charge in [0, 0.05) is 28.5 Å². The molecule has 0 fully saturated rings. The number of thiophene rings is 1. The van der Waals surface area contributed by atoms with Gasteiger partial charge in [-0.15, -0.1) is 11.3 Å². The number of Topliss-reactive ketones (excluding diaryl/α,β-unsaturated/α-hetero) is 1. The van der Waals surface area contributed by atoms with Crippen LogP contribution in [0, 0.1) is 0 Å². The fourth-order valence-corrected chi connectivity index (χ4v) is 5.39. The van der Waals surface area contributed by atoms with E-state index in [1.54, 1.807) is 11.3 Å². The molecule has 3 heterocycles. The predicted molar refractivity (Wildman–Crippen MR) is 117 cm³/mol. The Kier molecular flexibility index (Phi) is 4.06. The number of ether oxygens (including phenoxy) is 2. The number of carbonyl (C=O) groups excluding carboxylic acids is 1. The zero-order chi connectivity index (χ0) is 20.1. The van der Waals surface area contributed by atoms with Gasteiger partial charge in [0.1, 0.15) is 0 Å². The maximum atomic E-state index is 13.5. The summed E-state index contributed by atoms with van der Waals surface area (Å²) in [6, 6.07) is 18.0. The first-order chi connectivity index (χ1) is 14.8. The molecule has 6 heteroatoms. The fourth-order valence-electron chi connectivity index (χ4n) is 4.56.